The highest BCUT2D eigenvalue weighted by atomic mass is 16.4. The zero-order valence-corrected chi connectivity index (χ0v) is 10.1. The van der Waals surface area contributed by atoms with Gasteiger partial charge in [0, 0.05) is 0 Å². The van der Waals surface area contributed by atoms with Crippen LogP contribution in [0.3, 0.4) is 0 Å². The second kappa shape index (κ2) is 5.65. The van der Waals surface area contributed by atoms with E-state index in [-0.39, 0.29) is 5.56 Å². The maximum Gasteiger partial charge on any atom is 0.335 e. The minimum Gasteiger partial charge on any atom is -0.478 e. The number of hydrogen-bond acceptors (Lipinski definition) is 2. The third-order valence-corrected chi connectivity index (χ3v) is 2.67. The average molecular weight is 249 g/mol. The van der Waals surface area contributed by atoms with Crippen LogP contribution in [0.15, 0.2) is 54.6 Å². The van der Waals surface area contributed by atoms with E-state index in [1.165, 1.54) is 12.1 Å². The highest BCUT2D eigenvalue weighted by molar-refractivity contribution is 5.92. The molecule has 92 valence electrons. The van der Waals surface area contributed by atoms with Gasteiger partial charge in [-0.15, -0.1) is 0 Å². The summed E-state index contributed by atoms with van der Waals surface area (Å²) in [5, 5.41) is 18.0. The minimum absolute atomic E-state index is 0.209. The molecule has 0 unspecified atom stereocenters. The molecule has 0 fully saturated rings. The lowest BCUT2D eigenvalue weighted by Gasteiger charge is -2.01. The molecular weight excluding hydrogens is 238 g/mol. The summed E-state index contributed by atoms with van der Waals surface area (Å²) in [6.07, 6.45) is 1.77. The van der Waals surface area contributed by atoms with Gasteiger partial charge in [0.05, 0.1) is 17.2 Å². The monoisotopic (exact) mass is 249 g/mol. The van der Waals surface area contributed by atoms with Gasteiger partial charge in [-0.25, -0.2) is 4.79 Å². The quantitative estimate of drug-likeness (QED) is 0.669. The highest BCUT2D eigenvalue weighted by Gasteiger charge is 2.04. The number of carboxylic acids is 1. The van der Waals surface area contributed by atoms with Crippen LogP contribution in [-0.4, -0.2) is 11.1 Å². The Bertz CT molecular complexity index is 649. The lowest BCUT2D eigenvalue weighted by Crippen LogP contribution is -1.95. The first-order valence-electron chi connectivity index (χ1n) is 5.71. The molecule has 3 heteroatoms. The van der Waals surface area contributed by atoms with Crippen LogP contribution < -0.4 is 0 Å². The number of nitriles is 1. The maximum atomic E-state index is 10.8. The van der Waals surface area contributed by atoms with Crippen LogP contribution in [0.5, 0.6) is 0 Å². The zero-order valence-electron chi connectivity index (χ0n) is 10.1. The standard InChI is InChI=1S/C16H11NO2/c17-11-15(10-12-4-2-1-3-5-12)13-6-8-14(9-7-13)16(18)19/h1-10H,(H,18,19)/b15-10+. The number of nitrogens with zero attached hydrogens (tertiary/aromatic N) is 1. The van der Waals surface area contributed by atoms with Crippen LogP contribution >= 0.6 is 0 Å². The molecule has 0 atom stereocenters. The number of carbonyl (C=O) groups is 1. The summed E-state index contributed by atoms with van der Waals surface area (Å²) in [6.45, 7) is 0. The van der Waals surface area contributed by atoms with E-state index in [1.54, 1.807) is 18.2 Å². The smallest absolute Gasteiger partial charge is 0.335 e. The molecule has 0 aliphatic carbocycles. The summed E-state index contributed by atoms with van der Waals surface area (Å²) in [7, 11) is 0. The van der Waals surface area contributed by atoms with E-state index >= 15 is 0 Å². The SMILES string of the molecule is N#C/C(=C\c1ccccc1)c1ccc(C(=O)O)cc1. The van der Waals surface area contributed by atoms with E-state index in [4.69, 9.17) is 5.11 Å². The molecule has 0 heterocycles. The number of benzene rings is 2. The average Bonchev–Trinajstić information content (AvgIpc) is 2.46. The van der Waals surface area contributed by atoms with Gasteiger partial charge in [-0.05, 0) is 29.3 Å². The molecule has 1 N–H and O–H groups in total. The molecule has 0 saturated carbocycles. The molecule has 2 aromatic rings. The number of carboxylic acid groups (broad SMARTS) is 1. The Morgan fingerprint density at radius 2 is 1.58 bits per heavy atom. The van der Waals surface area contributed by atoms with E-state index in [0.717, 1.165) is 5.56 Å². The summed E-state index contributed by atoms with van der Waals surface area (Å²) in [5.74, 6) is -0.975. The van der Waals surface area contributed by atoms with Crippen molar-refractivity contribution in [1.82, 2.24) is 0 Å². The third kappa shape index (κ3) is 3.08. The van der Waals surface area contributed by atoms with Crippen molar-refractivity contribution in [1.29, 1.82) is 5.26 Å². The van der Waals surface area contributed by atoms with Gasteiger partial charge in [-0.3, -0.25) is 0 Å². The van der Waals surface area contributed by atoms with Crippen LogP contribution in [0, 0.1) is 11.3 Å². The molecule has 2 aromatic carbocycles. The predicted molar refractivity (Wildman–Crippen MR) is 73.3 cm³/mol. The molecular formula is C16H11NO2. The van der Waals surface area contributed by atoms with Gasteiger partial charge in [-0.2, -0.15) is 5.26 Å². The summed E-state index contributed by atoms with van der Waals surface area (Å²) < 4.78 is 0. The molecule has 0 saturated heterocycles. The maximum absolute atomic E-state index is 10.8. The molecule has 0 aromatic heterocycles. The van der Waals surface area contributed by atoms with E-state index in [1.807, 2.05) is 30.3 Å². The summed E-state index contributed by atoms with van der Waals surface area (Å²) in [4.78, 5) is 10.8. The predicted octanol–water partition coefficient (Wildman–Crippen LogP) is 3.45. The Labute approximate surface area is 111 Å². The van der Waals surface area contributed by atoms with Crippen LogP contribution in [0.1, 0.15) is 21.5 Å². The topological polar surface area (TPSA) is 61.1 Å². The Morgan fingerprint density at radius 3 is 2.11 bits per heavy atom. The minimum atomic E-state index is -0.975. The normalized spacial score (nSPS) is 10.8. The van der Waals surface area contributed by atoms with Crippen molar-refractivity contribution >= 4 is 17.6 Å². The van der Waals surface area contributed by atoms with E-state index in [0.29, 0.717) is 11.1 Å². The van der Waals surface area contributed by atoms with Crippen molar-refractivity contribution < 1.29 is 9.90 Å². The number of rotatable bonds is 3. The lowest BCUT2D eigenvalue weighted by atomic mass is 10.0. The van der Waals surface area contributed by atoms with Crippen molar-refractivity contribution in [2.75, 3.05) is 0 Å². The Hall–Kier alpha value is -2.86. The van der Waals surface area contributed by atoms with E-state index in [2.05, 4.69) is 6.07 Å². The fourth-order valence-corrected chi connectivity index (χ4v) is 1.69. The van der Waals surface area contributed by atoms with Crippen molar-refractivity contribution in [3.8, 4) is 6.07 Å². The van der Waals surface area contributed by atoms with Gasteiger partial charge in [0.25, 0.3) is 0 Å². The molecule has 0 bridgehead atoms. The van der Waals surface area contributed by atoms with Gasteiger partial charge < -0.3 is 5.11 Å². The zero-order chi connectivity index (χ0) is 13.7. The lowest BCUT2D eigenvalue weighted by molar-refractivity contribution is 0.0697. The first kappa shape index (κ1) is 12.6. The van der Waals surface area contributed by atoms with Gasteiger partial charge in [0.2, 0.25) is 0 Å². The number of hydrogen-bond donors (Lipinski definition) is 1. The van der Waals surface area contributed by atoms with Gasteiger partial charge in [0.1, 0.15) is 0 Å². The molecule has 0 aliphatic rings. The summed E-state index contributed by atoms with van der Waals surface area (Å²) in [6, 6.07) is 17.9. The van der Waals surface area contributed by atoms with Crippen molar-refractivity contribution in [3.05, 3.63) is 71.3 Å². The fraction of sp³-hybridized carbons (Fsp3) is 0. The molecule has 3 nitrogen and oxygen atoms in total. The van der Waals surface area contributed by atoms with Crippen LogP contribution in [0.25, 0.3) is 11.6 Å². The second-order valence-electron chi connectivity index (χ2n) is 3.96. The van der Waals surface area contributed by atoms with Crippen LogP contribution in [0.4, 0.5) is 0 Å². The molecule has 2 rings (SSSR count). The van der Waals surface area contributed by atoms with Crippen LogP contribution in [-0.2, 0) is 0 Å². The molecule has 0 spiro atoms. The second-order valence-corrected chi connectivity index (χ2v) is 3.96. The van der Waals surface area contributed by atoms with E-state index < -0.39 is 5.97 Å². The first-order chi connectivity index (χ1) is 9.20. The number of allylic oxidation sites excluding steroid dienone is 1. The molecule has 19 heavy (non-hydrogen) atoms. The summed E-state index contributed by atoms with van der Waals surface area (Å²) in [5.41, 5.74) is 2.35. The molecule has 0 radical (unpaired) electrons. The summed E-state index contributed by atoms with van der Waals surface area (Å²) >= 11 is 0. The van der Waals surface area contributed by atoms with E-state index in [9.17, 15) is 10.1 Å². The van der Waals surface area contributed by atoms with Crippen molar-refractivity contribution in [2.45, 2.75) is 0 Å². The van der Waals surface area contributed by atoms with Gasteiger partial charge in [-0.1, -0.05) is 42.5 Å². The Kier molecular flexibility index (Phi) is 3.75. The highest BCUT2D eigenvalue weighted by Crippen LogP contribution is 2.18. The first-order valence-corrected chi connectivity index (χ1v) is 5.71. The van der Waals surface area contributed by atoms with Crippen molar-refractivity contribution in [2.24, 2.45) is 0 Å². The van der Waals surface area contributed by atoms with Gasteiger partial charge >= 0.3 is 5.97 Å². The Balaban J connectivity index is 2.36. The largest absolute Gasteiger partial charge is 0.478 e. The Morgan fingerprint density at radius 1 is 1.00 bits per heavy atom. The van der Waals surface area contributed by atoms with Gasteiger partial charge in [0.15, 0.2) is 0 Å². The third-order valence-electron chi connectivity index (χ3n) is 2.67. The molecule has 0 aliphatic heterocycles. The number of aromatic carboxylic acids is 1. The van der Waals surface area contributed by atoms with Crippen molar-refractivity contribution in [3.63, 3.8) is 0 Å². The van der Waals surface area contributed by atoms with Crippen LogP contribution in [0.2, 0.25) is 0 Å². The fourth-order valence-electron chi connectivity index (χ4n) is 1.69. The molecule has 0 amide bonds.